The SMILES string of the molecule is COc1cccc2c(O)ccc(OC3C=CC(=O)c4c(O)cccc43)c12. The van der Waals surface area contributed by atoms with E-state index in [1.54, 1.807) is 55.7 Å². The quantitative estimate of drug-likeness (QED) is 0.744. The Morgan fingerprint density at radius 1 is 0.923 bits per heavy atom. The van der Waals surface area contributed by atoms with Crippen LogP contribution in [0.1, 0.15) is 22.0 Å². The molecule has 0 radical (unpaired) electrons. The third-order valence-corrected chi connectivity index (χ3v) is 4.47. The summed E-state index contributed by atoms with van der Waals surface area (Å²) in [5.74, 6) is 0.872. The van der Waals surface area contributed by atoms with Gasteiger partial charge in [0, 0.05) is 10.9 Å². The highest BCUT2D eigenvalue weighted by Crippen LogP contribution is 2.41. The van der Waals surface area contributed by atoms with Crippen molar-refractivity contribution in [2.24, 2.45) is 0 Å². The summed E-state index contributed by atoms with van der Waals surface area (Å²) in [7, 11) is 1.55. The Bertz CT molecular complexity index is 1050. The van der Waals surface area contributed by atoms with Crippen molar-refractivity contribution in [2.75, 3.05) is 7.11 Å². The Labute approximate surface area is 149 Å². The zero-order chi connectivity index (χ0) is 18.3. The van der Waals surface area contributed by atoms with E-state index in [0.717, 1.165) is 0 Å². The van der Waals surface area contributed by atoms with Crippen LogP contribution < -0.4 is 9.47 Å². The lowest BCUT2D eigenvalue weighted by atomic mass is 9.93. The fourth-order valence-electron chi connectivity index (χ4n) is 3.26. The monoisotopic (exact) mass is 348 g/mol. The molecule has 3 aromatic rings. The number of allylic oxidation sites excluding steroid dienone is 1. The Morgan fingerprint density at radius 2 is 1.73 bits per heavy atom. The van der Waals surface area contributed by atoms with Crippen molar-refractivity contribution in [3.05, 3.63) is 71.8 Å². The van der Waals surface area contributed by atoms with Crippen LogP contribution in [0.15, 0.2) is 60.7 Å². The first-order chi connectivity index (χ1) is 12.6. The van der Waals surface area contributed by atoms with Gasteiger partial charge in [-0.15, -0.1) is 0 Å². The summed E-state index contributed by atoms with van der Waals surface area (Å²) in [4.78, 5) is 12.1. The standard InChI is InChI=1S/C21H16O5/c1-25-18-7-3-4-12-14(22)8-11-19(21(12)18)26-17-10-9-16(24)20-13(17)5-2-6-15(20)23/h2-11,17,22-23H,1H3. The van der Waals surface area contributed by atoms with Crippen molar-refractivity contribution in [3.63, 3.8) is 0 Å². The molecular formula is C21H16O5. The number of phenols is 2. The first-order valence-corrected chi connectivity index (χ1v) is 8.10. The number of rotatable bonds is 3. The van der Waals surface area contributed by atoms with E-state index in [4.69, 9.17) is 9.47 Å². The van der Waals surface area contributed by atoms with E-state index in [9.17, 15) is 15.0 Å². The number of fused-ring (bicyclic) bond motifs is 2. The number of hydrogen-bond donors (Lipinski definition) is 2. The van der Waals surface area contributed by atoms with Crippen LogP contribution in [-0.2, 0) is 0 Å². The molecule has 1 aliphatic rings. The highest BCUT2D eigenvalue weighted by Gasteiger charge is 2.26. The summed E-state index contributed by atoms with van der Waals surface area (Å²) in [5.41, 5.74) is 0.837. The second-order valence-corrected chi connectivity index (χ2v) is 5.97. The lowest BCUT2D eigenvalue weighted by Crippen LogP contribution is -2.15. The minimum atomic E-state index is -0.549. The topological polar surface area (TPSA) is 76.0 Å². The lowest BCUT2D eigenvalue weighted by molar-refractivity contribution is 0.103. The van der Waals surface area contributed by atoms with Crippen molar-refractivity contribution in [1.82, 2.24) is 0 Å². The van der Waals surface area contributed by atoms with Crippen LogP contribution in [0.5, 0.6) is 23.0 Å². The van der Waals surface area contributed by atoms with E-state index >= 15 is 0 Å². The number of aromatic hydroxyl groups is 2. The number of benzene rings is 3. The maximum absolute atomic E-state index is 12.1. The Kier molecular flexibility index (Phi) is 3.77. The van der Waals surface area contributed by atoms with Gasteiger partial charge in [-0.05, 0) is 36.4 Å². The average molecular weight is 348 g/mol. The molecule has 26 heavy (non-hydrogen) atoms. The van der Waals surface area contributed by atoms with Crippen molar-refractivity contribution in [1.29, 1.82) is 0 Å². The number of ether oxygens (including phenoxy) is 2. The minimum absolute atomic E-state index is 0.0707. The van der Waals surface area contributed by atoms with Gasteiger partial charge in [0.2, 0.25) is 0 Å². The molecule has 130 valence electrons. The van der Waals surface area contributed by atoms with Gasteiger partial charge in [-0.25, -0.2) is 0 Å². The molecule has 0 heterocycles. The number of hydrogen-bond acceptors (Lipinski definition) is 5. The van der Waals surface area contributed by atoms with Gasteiger partial charge in [0.05, 0.1) is 18.1 Å². The smallest absolute Gasteiger partial charge is 0.189 e. The lowest BCUT2D eigenvalue weighted by Gasteiger charge is -2.23. The van der Waals surface area contributed by atoms with Crippen LogP contribution in [0.25, 0.3) is 10.8 Å². The molecule has 2 N–H and O–H groups in total. The van der Waals surface area contributed by atoms with E-state index in [-0.39, 0.29) is 22.8 Å². The van der Waals surface area contributed by atoms with Gasteiger partial charge in [-0.3, -0.25) is 4.79 Å². The predicted octanol–water partition coefficient (Wildman–Crippen LogP) is 4.13. The molecule has 4 rings (SSSR count). The fraction of sp³-hybridized carbons (Fsp3) is 0.0952. The summed E-state index contributed by atoms with van der Waals surface area (Å²) in [5, 5.41) is 21.4. The normalized spacial score (nSPS) is 15.7. The van der Waals surface area contributed by atoms with Crippen molar-refractivity contribution < 1.29 is 24.5 Å². The third kappa shape index (κ3) is 2.45. The first kappa shape index (κ1) is 16.0. The molecule has 0 aromatic heterocycles. The predicted molar refractivity (Wildman–Crippen MR) is 97.1 cm³/mol. The molecule has 3 aromatic carbocycles. The average Bonchev–Trinajstić information content (AvgIpc) is 2.65. The number of carbonyl (C=O) groups is 1. The van der Waals surface area contributed by atoms with Gasteiger partial charge < -0.3 is 19.7 Å². The largest absolute Gasteiger partial charge is 0.507 e. The van der Waals surface area contributed by atoms with Crippen LogP contribution in [0.4, 0.5) is 0 Å². The molecule has 1 unspecified atom stereocenters. The Balaban J connectivity index is 1.85. The maximum Gasteiger partial charge on any atom is 0.189 e. The molecule has 0 saturated heterocycles. The van der Waals surface area contributed by atoms with Gasteiger partial charge in [-0.1, -0.05) is 24.3 Å². The number of phenolic OH excluding ortho intramolecular Hbond substituents is 2. The van der Waals surface area contributed by atoms with E-state index in [2.05, 4.69) is 0 Å². The van der Waals surface area contributed by atoms with E-state index in [1.165, 1.54) is 12.1 Å². The highest BCUT2D eigenvalue weighted by molar-refractivity contribution is 6.09. The van der Waals surface area contributed by atoms with Gasteiger partial charge in [0.15, 0.2) is 5.78 Å². The third-order valence-electron chi connectivity index (χ3n) is 4.47. The van der Waals surface area contributed by atoms with Crippen LogP contribution in [-0.4, -0.2) is 23.1 Å². The summed E-state index contributed by atoms with van der Waals surface area (Å²) >= 11 is 0. The van der Waals surface area contributed by atoms with Crippen LogP contribution >= 0.6 is 0 Å². The maximum atomic E-state index is 12.1. The molecule has 1 aliphatic carbocycles. The molecule has 0 saturated carbocycles. The summed E-state index contributed by atoms with van der Waals surface area (Å²) in [6.07, 6.45) is 2.50. The highest BCUT2D eigenvalue weighted by atomic mass is 16.5. The summed E-state index contributed by atoms with van der Waals surface area (Å²) in [6, 6.07) is 13.5. The molecule has 0 aliphatic heterocycles. The minimum Gasteiger partial charge on any atom is -0.507 e. The molecular weight excluding hydrogens is 332 g/mol. The van der Waals surface area contributed by atoms with Gasteiger partial charge in [0.1, 0.15) is 29.1 Å². The summed E-state index contributed by atoms with van der Waals surface area (Å²) < 4.78 is 11.6. The van der Waals surface area contributed by atoms with E-state index in [1.807, 2.05) is 0 Å². The van der Waals surface area contributed by atoms with E-state index in [0.29, 0.717) is 27.8 Å². The first-order valence-electron chi connectivity index (χ1n) is 8.10. The Morgan fingerprint density at radius 3 is 2.54 bits per heavy atom. The second kappa shape index (κ2) is 6.11. The second-order valence-electron chi connectivity index (χ2n) is 5.97. The van der Waals surface area contributed by atoms with Crippen LogP contribution in [0.3, 0.4) is 0 Å². The molecule has 5 heteroatoms. The van der Waals surface area contributed by atoms with Gasteiger partial charge in [0.25, 0.3) is 0 Å². The molecule has 0 bridgehead atoms. The molecule has 0 spiro atoms. The molecule has 0 fully saturated rings. The number of methoxy groups -OCH3 is 1. The van der Waals surface area contributed by atoms with Gasteiger partial charge in [-0.2, -0.15) is 0 Å². The van der Waals surface area contributed by atoms with Crippen molar-refractivity contribution in [3.8, 4) is 23.0 Å². The fourth-order valence-corrected chi connectivity index (χ4v) is 3.26. The van der Waals surface area contributed by atoms with Crippen LogP contribution in [0, 0.1) is 0 Å². The van der Waals surface area contributed by atoms with Crippen LogP contribution in [0.2, 0.25) is 0 Å². The van der Waals surface area contributed by atoms with Crippen molar-refractivity contribution >= 4 is 16.6 Å². The zero-order valence-electron chi connectivity index (χ0n) is 14.0. The zero-order valence-corrected chi connectivity index (χ0v) is 14.0. The van der Waals surface area contributed by atoms with Gasteiger partial charge >= 0.3 is 0 Å². The Hall–Kier alpha value is -3.47. The van der Waals surface area contributed by atoms with E-state index < -0.39 is 6.10 Å². The molecule has 1 atom stereocenters. The number of ketones is 1. The van der Waals surface area contributed by atoms with Crippen molar-refractivity contribution in [2.45, 2.75) is 6.10 Å². The molecule has 0 amide bonds. The number of carbonyl (C=O) groups excluding carboxylic acids is 1. The summed E-state index contributed by atoms with van der Waals surface area (Å²) in [6.45, 7) is 0. The molecule has 5 nitrogen and oxygen atoms in total.